The van der Waals surface area contributed by atoms with E-state index in [1.807, 2.05) is 55.5 Å². The van der Waals surface area contributed by atoms with Gasteiger partial charge in [-0.1, -0.05) is 73.2 Å². The second-order valence-corrected chi connectivity index (χ2v) is 11.2. The molecule has 43 heavy (non-hydrogen) atoms. The Bertz CT molecular complexity index is 1550. The van der Waals surface area contributed by atoms with E-state index in [9.17, 15) is 35.0 Å². The highest BCUT2D eigenvalue weighted by Gasteiger charge is 2.55. The van der Waals surface area contributed by atoms with E-state index in [1.165, 1.54) is 12.1 Å². The number of amides is 2. The molecule has 0 unspecified atom stereocenters. The fourth-order valence-corrected chi connectivity index (χ4v) is 6.57. The molecule has 1 heterocycles. The van der Waals surface area contributed by atoms with E-state index in [4.69, 9.17) is 0 Å². The number of nitrogens with zero attached hydrogens (tertiary/aromatic N) is 1. The summed E-state index contributed by atoms with van der Waals surface area (Å²) in [6, 6.07) is 22.8. The summed E-state index contributed by atoms with van der Waals surface area (Å²) in [5, 5.41) is 51.8. The number of allylic oxidation sites excluding steroid dienone is 2. The molecule has 0 radical (unpaired) electrons. The Morgan fingerprint density at radius 2 is 1.72 bits per heavy atom. The predicted octanol–water partition coefficient (Wildman–Crippen LogP) is 3.28. The van der Waals surface area contributed by atoms with Crippen LogP contribution in [0.1, 0.15) is 43.7 Å². The van der Waals surface area contributed by atoms with Gasteiger partial charge in [0.25, 0.3) is 0 Å². The Hall–Kier alpha value is -4.02. The smallest absolute Gasteiger partial charge is 0.488 e. The van der Waals surface area contributed by atoms with Gasteiger partial charge in [-0.15, -0.1) is 0 Å². The zero-order valence-electron chi connectivity index (χ0n) is 24.0. The standard InChI is InChI=1S/C34H36BNO7/c1-2-21-18-27-32(34(41)36(33(27)40)26-13-8-12-25(19-26)35(42)43)28(20-37)31(21)30(39)16-15-23(22-9-4-3-5-10-22)17-24-11-6-7-14-29(24)38/h3-14,17,19,27-28,30,32,37-39,42-43H,2,15-16,18,20H2,1H3/b23-17-/t27-,28+,30-,32-/m1/s1. The van der Waals surface area contributed by atoms with E-state index in [0.717, 1.165) is 21.6 Å². The quantitative estimate of drug-likeness (QED) is 0.107. The first-order valence-corrected chi connectivity index (χ1v) is 14.6. The van der Waals surface area contributed by atoms with Gasteiger partial charge in [0.1, 0.15) is 5.75 Å². The number of aliphatic hydroxyl groups is 2. The number of aromatic hydroxyl groups is 1. The lowest BCUT2D eigenvalue weighted by atomic mass is 9.67. The number of benzene rings is 3. The number of fused-ring (bicyclic) bond motifs is 1. The zero-order chi connectivity index (χ0) is 30.7. The third kappa shape index (κ3) is 6.07. The van der Waals surface area contributed by atoms with Crippen LogP contribution >= 0.6 is 0 Å². The lowest BCUT2D eigenvalue weighted by Gasteiger charge is -2.36. The molecule has 0 saturated carbocycles. The molecule has 0 aromatic heterocycles. The van der Waals surface area contributed by atoms with Gasteiger partial charge in [0.15, 0.2) is 0 Å². The molecule has 1 aliphatic heterocycles. The molecule has 2 amide bonds. The van der Waals surface area contributed by atoms with Gasteiger partial charge in [0.2, 0.25) is 11.8 Å². The second kappa shape index (κ2) is 13.1. The number of carbonyl (C=O) groups is 2. The van der Waals surface area contributed by atoms with Gasteiger partial charge in [0, 0.05) is 11.5 Å². The average Bonchev–Trinajstić information content (AvgIpc) is 3.28. The topological polar surface area (TPSA) is 139 Å². The Morgan fingerprint density at radius 3 is 2.40 bits per heavy atom. The summed E-state index contributed by atoms with van der Waals surface area (Å²) in [5.74, 6) is -2.97. The van der Waals surface area contributed by atoms with Gasteiger partial charge in [-0.2, -0.15) is 0 Å². The van der Waals surface area contributed by atoms with Gasteiger partial charge in [-0.05, 0) is 72.1 Å². The van der Waals surface area contributed by atoms with Crippen LogP contribution in [0.5, 0.6) is 5.75 Å². The number of imide groups is 1. The number of carbonyl (C=O) groups excluding carboxylic acids is 2. The maximum Gasteiger partial charge on any atom is 0.488 e. The maximum atomic E-state index is 13.8. The first-order valence-electron chi connectivity index (χ1n) is 14.6. The molecule has 4 atom stereocenters. The summed E-state index contributed by atoms with van der Waals surface area (Å²) in [6.45, 7) is 1.54. The lowest BCUT2D eigenvalue weighted by molar-refractivity contribution is -0.123. The zero-order valence-corrected chi connectivity index (χ0v) is 24.0. The van der Waals surface area contributed by atoms with Crippen LogP contribution in [0.4, 0.5) is 5.69 Å². The van der Waals surface area contributed by atoms with Crippen LogP contribution in [-0.4, -0.2) is 57.0 Å². The molecular weight excluding hydrogens is 545 g/mol. The molecule has 2 aliphatic rings. The SMILES string of the molecule is CCC1=C([C@H](O)CC/C(=C/c2ccccc2O)c2ccccc2)[C@H](CO)[C@@H]2C(=O)N(c3cccc(B(O)O)c3)C(=O)[C@@H]2C1. The Labute approximate surface area is 251 Å². The van der Waals surface area contributed by atoms with Gasteiger partial charge in [-0.25, -0.2) is 0 Å². The fraction of sp³-hybridized carbons (Fsp3) is 0.294. The molecule has 8 nitrogen and oxygen atoms in total. The second-order valence-electron chi connectivity index (χ2n) is 11.2. The summed E-state index contributed by atoms with van der Waals surface area (Å²) in [7, 11) is -1.75. The van der Waals surface area contributed by atoms with Gasteiger partial charge >= 0.3 is 7.12 Å². The van der Waals surface area contributed by atoms with Gasteiger partial charge < -0.3 is 25.4 Å². The van der Waals surface area contributed by atoms with E-state index in [0.29, 0.717) is 36.8 Å². The highest BCUT2D eigenvalue weighted by atomic mass is 16.4. The molecule has 1 saturated heterocycles. The first kappa shape index (κ1) is 30.4. The van der Waals surface area contributed by atoms with Gasteiger partial charge in [-0.3, -0.25) is 14.5 Å². The molecule has 0 bridgehead atoms. The minimum absolute atomic E-state index is 0.152. The van der Waals surface area contributed by atoms with Crippen LogP contribution in [0.2, 0.25) is 0 Å². The minimum Gasteiger partial charge on any atom is -0.507 e. The summed E-state index contributed by atoms with van der Waals surface area (Å²) in [6.07, 6.45) is 2.56. The van der Waals surface area contributed by atoms with Crippen LogP contribution in [0.15, 0.2) is 90.0 Å². The van der Waals surface area contributed by atoms with E-state index in [-0.39, 0.29) is 16.9 Å². The summed E-state index contributed by atoms with van der Waals surface area (Å²) < 4.78 is 0. The number of phenols is 1. The van der Waals surface area contributed by atoms with E-state index >= 15 is 0 Å². The highest BCUT2D eigenvalue weighted by molar-refractivity contribution is 6.58. The fourth-order valence-electron chi connectivity index (χ4n) is 6.57. The largest absolute Gasteiger partial charge is 0.507 e. The monoisotopic (exact) mass is 581 g/mol. The molecule has 3 aromatic rings. The highest BCUT2D eigenvalue weighted by Crippen LogP contribution is 2.48. The third-order valence-electron chi connectivity index (χ3n) is 8.69. The molecule has 9 heteroatoms. The number of hydrogen-bond acceptors (Lipinski definition) is 7. The molecule has 5 rings (SSSR count). The van der Waals surface area contributed by atoms with Crippen molar-refractivity contribution in [3.63, 3.8) is 0 Å². The number of rotatable bonds is 10. The molecule has 222 valence electrons. The van der Waals surface area contributed by atoms with Crippen molar-refractivity contribution in [2.24, 2.45) is 17.8 Å². The molecule has 1 fully saturated rings. The molecule has 3 aromatic carbocycles. The van der Waals surface area contributed by atoms with Crippen molar-refractivity contribution < 1.29 is 35.0 Å². The van der Waals surface area contributed by atoms with E-state index in [2.05, 4.69) is 0 Å². The van der Waals surface area contributed by atoms with Crippen LogP contribution in [-0.2, 0) is 9.59 Å². The van der Waals surface area contributed by atoms with Crippen molar-refractivity contribution in [3.05, 3.63) is 101 Å². The predicted molar refractivity (Wildman–Crippen MR) is 166 cm³/mol. The Balaban J connectivity index is 1.43. The van der Waals surface area contributed by atoms with E-state index < -0.39 is 49.4 Å². The van der Waals surface area contributed by atoms with Crippen molar-refractivity contribution in [1.29, 1.82) is 0 Å². The minimum atomic E-state index is -1.75. The molecular formula is C34H36BNO7. The summed E-state index contributed by atoms with van der Waals surface area (Å²) in [5.41, 5.74) is 4.40. The summed E-state index contributed by atoms with van der Waals surface area (Å²) >= 11 is 0. The van der Waals surface area contributed by atoms with Crippen LogP contribution in [0.3, 0.4) is 0 Å². The number of anilines is 1. The van der Waals surface area contributed by atoms with Crippen LogP contribution in [0, 0.1) is 17.8 Å². The van der Waals surface area contributed by atoms with Crippen molar-refractivity contribution >= 4 is 41.7 Å². The maximum absolute atomic E-state index is 13.8. The van der Waals surface area contributed by atoms with Crippen LogP contribution < -0.4 is 10.4 Å². The number of hydrogen-bond donors (Lipinski definition) is 5. The van der Waals surface area contributed by atoms with Gasteiger partial charge in [0.05, 0.1) is 30.2 Å². The number of aliphatic hydroxyl groups excluding tert-OH is 2. The normalized spacial score (nSPS) is 21.3. The number of phenolic OH excluding ortho intramolecular Hbond substituents is 1. The average molecular weight is 581 g/mol. The third-order valence-corrected chi connectivity index (χ3v) is 8.69. The molecule has 0 spiro atoms. The van der Waals surface area contributed by atoms with Crippen LogP contribution in [0.25, 0.3) is 11.6 Å². The summed E-state index contributed by atoms with van der Waals surface area (Å²) in [4.78, 5) is 28.5. The molecule has 1 aliphatic carbocycles. The number of para-hydroxylation sites is 1. The van der Waals surface area contributed by atoms with E-state index in [1.54, 1.807) is 24.3 Å². The van der Waals surface area contributed by atoms with Crippen molar-refractivity contribution in [3.8, 4) is 5.75 Å². The Kier molecular flexibility index (Phi) is 9.27. The molecule has 5 N–H and O–H groups in total. The first-order chi connectivity index (χ1) is 20.7. The lowest BCUT2D eigenvalue weighted by Crippen LogP contribution is -2.39. The van der Waals surface area contributed by atoms with Crippen molar-refractivity contribution in [1.82, 2.24) is 0 Å². The Morgan fingerprint density at radius 1 is 1.00 bits per heavy atom. The van der Waals surface area contributed by atoms with Crippen molar-refractivity contribution in [2.45, 2.75) is 38.7 Å². The van der Waals surface area contributed by atoms with Crippen molar-refractivity contribution in [2.75, 3.05) is 11.5 Å².